The summed E-state index contributed by atoms with van der Waals surface area (Å²) in [6.07, 6.45) is 8.21. The molecule has 4 aromatic rings. The van der Waals surface area contributed by atoms with Gasteiger partial charge in [-0.1, -0.05) is 48.6 Å². The van der Waals surface area contributed by atoms with E-state index in [0.29, 0.717) is 0 Å². The Labute approximate surface area is 122 Å². The molecule has 4 rings (SSSR count). The summed E-state index contributed by atoms with van der Waals surface area (Å²) in [5, 5.41) is 2.42. The molecule has 0 aliphatic heterocycles. The molecule has 1 N–H and O–H groups in total. The van der Waals surface area contributed by atoms with Crippen molar-refractivity contribution in [1.82, 2.24) is 9.97 Å². The zero-order valence-electron chi connectivity index (χ0n) is 11.5. The Morgan fingerprint density at radius 1 is 0.762 bits per heavy atom. The van der Waals surface area contributed by atoms with E-state index in [-0.39, 0.29) is 0 Å². The smallest absolute Gasteiger partial charge is 0.0707 e. The van der Waals surface area contributed by atoms with Crippen LogP contribution in [0, 0.1) is 0 Å². The van der Waals surface area contributed by atoms with E-state index in [1.54, 1.807) is 0 Å². The standard InChI is InChI=1S/C19H14N2/c1-3-7-18-16(5-1)14(11-12-20-18)9-10-15-13-21-19-8-4-2-6-17(15)19/h1-13,21H/b10-9+. The highest BCUT2D eigenvalue weighted by Crippen LogP contribution is 2.22. The van der Waals surface area contributed by atoms with Gasteiger partial charge in [0.05, 0.1) is 5.52 Å². The third-order valence-electron chi connectivity index (χ3n) is 3.75. The van der Waals surface area contributed by atoms with Gasteiger partial charge in [-0.05, 0) is 29.3 Å². The maximum Gasteiger partial charge on any atom is 0.0707 e. The highest BCUT2D eigenvalue weighted by atomic mass is 14.7. The molecule has 0 saturated heterocycles. The van der Waals surface area contributed by atoms with Gasteiger partial charge >= 0.3 is 0 Å². The summed E-state index contributed by atoms with van der Waals surface area (Å²) >= 11 is 0. The fraction of sp³-hybridized carbons (Fsp3) is 0. The van der Waals surface area contributed by atoms with E-state index in [1.165, 1.54) is 21.9 Å². The molecule has 2 heterocycles. The Kier molecular flexibility index (Phi) is 2.79. The number of aromatic amines is 1. The Balaban J connectivity index is 1.81. The number of nitrogens with zero attached hydrogens (tertiary/aromatic N) is 1. The third-order valence-corrected chi connectivity index (χ3v) is 3.75. The lowest BCUT2D eigenvalue weighted by molar-refractivity contribution is 1.41. The second-order valence-corrected chi connectivity index (χ2v) is 5.04. The topological polar surface area (TPSA) is 28.7 Å². The lowest BCUT2D eigenvalue weighted by Gasteiger charge is -2.00. The van der Waals surface area contributed by atoms with Crippen molar-refractivity contribution in [2.24, 2.45) is 0 Å². The fourth-order valence-corrected chi connectivity index (χ4v) is 2.67. The molecule has 0 fully saturated rings. The summed E-state index contributed by atoms with van der Waals surface area (Å²) < 4.78 is 0. The zero-order valence-corrected chi connectivity index (χ0v) is 11.5. The van der Waals surface area contributed by atoms with Gasteiger partial charge in [0, 0.05) is 28.7 Å². The second kappa shape index (κ2) is 4.91. The van der Waals surface area contributed by atoms with Crippen LogP contribution >= 0.6 is 0 Å². The van der Waals surface area contributed by atoms with E-state index < -0.39 is 0 Å². The number of nitrogens with one attached hydrogen (secondary N) is 1. The Morgan fingerprint density at radius 3 is 2.48 bits per heavy atom. The van der Waals surface area contributed by atoms with Crippen molar-refractivity contribution < 1.29 is 0 Å². The van der Waals surface area contributed by atoms with Crippen LogP contribution in [-0.2, 0) is 0 Å². The number of H-pyrrole nitrogens is 1. The van der Waals surface area contributed by atoms with Gasteiger partial charge in [0.25, 0.3) is 0 Å². The van der Waals surface area contributed by atoms with E-state index in [2.05, 4.69) is 46.4 Å². The van der Waals surface area contributed by atoms with Crippen LogP contribution in [0.5, 0.6) is 0 Å². The maximum absolute atomic E-state index is 4.40. The largest absolute Gasteiger partial charge is 0.361 e. The molecule has 0 unspecified atom stereocenters. The fourth-order valence-electron chi connectivity index (χ4n) is 2.67. The van der Waals surface area contributed by atoms with Crippen molar-refractivity contribution in [3.63, 3.8) is 0 Å². The lowest BCUT2D eigenvalue weighted by atomic mass is 10.1. The van der Waals surface area contributed by atoms with Gasteiger partial charge < -0.3 is 4.98 Å². The van der Waals surface area contributed by atoms with Crippen LogP contribution in [0.4, 0.5) is 0 Å². The quantitative estimate of drug-likeness (QED) is 0.552. The molecule has 2 aromatic heterocycles. The molecule has 21 heavy (non-hydrogen) atoms. The molecular weight excluding hydrogens is 256 g/mol. The van der Waals surface area contributed by atoms with Gasteiger partial charge in [0.15, 0.2) is 0 Å². The number of hydrogen-bond acceptors (Lipinski definition) is 1. The highest BCUT2D eigenvalue weighted by Gasteiger charge is 2.00. The highest BCUT2D eigenvalue weighted by molar-refractivity contribution is 5.95. The number of pyridine rings is 1. The van der Waals surface area contributed by atoms with Crippen molar-refractivity contribution in [3.8, 4) is 0 Å². The zero-order chi connectivity index (χ0) is 14.1. The molecule has 2 nitrogen and oxygen atoms in total. The number of rotatable bonds is 2. The first-order valence-electron chi connectivity index (χ1n) is 7.00. The van der Waals surface area contributed by atoms with Crippen LogP contribution in [0.25, 0.3) is 34.0 Å². The van der Waals surface area contributed by atoms with E-state index in [9.17, 15) is 0 Å². The minimum absolute atomic E-state index is 1.03. The minimum atomic E-state index is 1.03. The maximum atomic E-state index is 4.40. The molecule has 0 saturated carbocycles. The van der Waals surface area contributed by atoms with Crippen LogP contribution < -0.4 is 0 Å². The predicted molar refractivity (Wildman–Crippen MR) is 89.0 cm³/mol. The predicted octanol–water partition coefficient (Wildman–Crippen LogP) is 4.89. The number of hydrogen-bond donors (Lipinski definition) is 1. The molecule has 0 radical (unpaired) electrons. The summed E-state index contributed by atoms with van der Waals surface area (Å²) in [6, 6.07) is 18.6. The second-order valence-electron chi connectivity index (χ2n) is 5.04. The molecule has 0 aliphatic rings. The molecule has 2 heteroatoms. The summed E-state index contributed by atoms with van der Waals surface area (Å²) in [4.78, 5) is 7.69. The van der Waals surface area contributed by atoms with Crippen LogP contribution in [0.2, 0.25) is 0 Å². The third kappa shape index (κ3) is 2.11. The van der Waals surface area contributed by atoms with Gasteiger partial charge in [-0.15, -0.1) is 0 Å². The molecular formula is C19H14N2. The van der Waals surface area contributed by atoms with Crippen LogP contribution in [0.15, 0.2) is 67.0 Å². The van der Waals surface area contributed by atoms with Crippen molar-refractivity contribution in [2.75, 3.05) is 0 Å². The molecule has 0 spiro atoms. The summed E-state index contributed by atoms with van der Waals surface area (Å²) in [5.74, 6) is 0. The molecule has 0 aliphatic carbocycles. The van der Waals surface area contributed by atoms with Gasteiger partial charge in [-0.25, -0.2) is 0 Å². The average Bonchev–Trinajstić information content (AvgIpc) is 2.96. The average molecular weight is 270 g/mol. The van der Waals surface area contributed by atoms with Crippen LogP contribution in [0.1, 0.15) is 11.1 Å². The SMILES string of the molecule is C(=C\c1c[nH]c2ccccc12)/c1ccnc2ccccc12. The monoisotopic (exact) mass is 270 g/mol. The lowest BCUT2D eigenvalue weighted by Crippen LogP contribution is -1.81. The first kappa shape index (κ1) is 11.9. The molecule has 0 atom stereocenters. The van der Waals surface area contributed by atoms with Gasteiger partial charge in [0.1, 0.15) is 0 Å². The first-order valence-corrected chi connectivity index (χ1v) is 7.00. The number of benzene rings is 2. The summed E-state index contributed by atoms with van der Waals surface area (Å²) in [6.45, 7) is 0. The summed E-state index contributed by atoms with van der Waals surface area (Å²) in [5.41, 5.74) is 4.58. The molecule has 100 valence electrons. The van der Waals surface area contributed by atoms with Crippen LogP contribution in [-0.4, -0.2) is 9.97 Å². The van der Waals surface area contributed by atoms with E-state index in [0.717, 1.165) is 11.0 Å². The van der Waals surface area contributed by atoms with Crippen molar-refractivity contribution >= 4 is 34.0 Å². The number of para-hydroxylation sites is 2. The van der Waals surface area contributed by atoms with Crippen molar-refractivity contribution in [3.05, 3.63) is 78.1 Å². The molecule has 0 bridgehead atoms. The first-order chi connectivity index (χ1) is 10.4. The van der Waals surface area contributed by atoms with Gasteiger partial charge in [0.2, 0.25) is 0 Å². The van der Waals surface area contributed by atoms with Gasteiger partial charge in [-0.3, -0.25) is 4.98 Å². The molecule has 2 aromatic carbocycles. The van der Waals surface area contributed by atoms with E-state index in [1.807, 2.05) is 42.7 Å². The summed E-state index contributed by atoms with van der Waals surface area (Å²) in [7, 11) is 0. The van der Waals surface area contributed by atoms with Crippen molar-refractivity contribution in [2.45, 2.75) is 0 Å². The van der Waals surface area contributed by atoms with Crippen molar-refractivity contribution in [1.29, 1.82) is 0 Å². The Hall–Kier alpha value is -2.87. The minimum Gasteiger partial charge on any atom is -0.361 e. The van der Waals surface area contributed by atoms with Gasteiger partial charge in [-0.2, -0.15) is 0 Å². The van der Waals surface area contributed by atoms with Crippen LogP contribution in [0.3, 0.4) is 0 Å². The number of aromatic nitrogens is 2. The normalized spacial score (nSPS) is 11.6. The van der Waals surface area contributed by atoms with E-state index >= 15 is 0 Å². The molecule has 0 amide bonds. The number of fused-ring (bicyclic) bond motifs is 2. The Morgan fingerprint density at radius 2 is 1.52 bits per heavy atom. The van der Waals surface area contributed by atoms with E-state index in [4.69, 9.17) is 0 Å². The Bertz CT molecular complexity index is 943.